The van der Waals surface area contributed by atoms with Gasteiger partial charge in [0.25, 0.3) is 5.91 Å². The van der Waals surface area contributed by atoms with E-state index < -0.39 is 17.4 Å². The Morgan fingerprint density at radius 2 is 2.10 bits per heavy atom. The summed E-state index contributed by atoms with van der Waals surface area (Å²) >= 11 is 3.23. The van der Waals surface area contributed by atoms with Crippen LogP contribution in [0.3, 0.4) is 0 Å². The molecule has 0 saturated heterocycles. The van der Waals surface area contributed by atoms with Gasteiger partial charge in [-0.15, -0.1) is 0 Å². The van der Waals surface area contributed by atoms with Gasteiger partial charge in [-0.3, -0.25) is 4.79 Å². The second kappa shape index (κ2) is 6.13. The molecule has 1 aromatic rings. The highest BCUT2D eigenvalue weighted by Gasteiger charge is 2.33. The summed E-state index contributed by atoms with van der Waals surface area (Å²) in [5, 5.41) is 11.7. The molecule has 0 aliphatic heterocycles. The van der Waals surface area contributed by atoms with Crippen LogP contribution in [-0.4, -0.2) is 29.6 Å². The third-order valence-electron chi connectivity index (χ3n) is 3.13. The molecule has 1 rings (SSSR count). The molecule has 0 radical (unpaired) electrons. The first-order valence-corrected chi connectivity index (χ1v) is 6.73. The lowest BCUT2D eigenvalue weighted by Gasteiger charge is -2.25. The normalized spacial score (nSPS) is 13.4. The average molecular weight is 345 g/mol. The van der Waals surface area contributed by atoms with Gasteiger partial charge in [0.15, 0.2) is 0 Å². The van der Waals surface area contributed by atoms with Crippen molar-refractivity contribution in [1.82, 2.24) is 5.32 Å². The van der Waals surface area contributed by atoms with Gasteiger partial charge in [0.2, 0.25) is 0 Å². The summed E-state index contributed by atoms with van der Waals surface area (Å²) in [5.41, 5.74) is 5.02. The quantitative estimate of drug-likeness (QED) is 0.709. The Bertz CT molecular complexity index is 547. The van der Waals surface area contributed by atoms with Crippen molar-refractivity contribution in [2.75, 3.05) is 12.8 Å². The van der Waals surface area contributed by atoms with E-state index in [1.165, 1.54) is 26.2 Å². The van der Waals surface area contributed by atoms with Crippen LogP contribution in [0.5, 0.6) is 5.75 Å². The van der Waals surface area contributed by atoms with Gasteiger partial charge in [-0.25, -0.2) is 4.79 Å². The van der Waals surface area contributed by atoms with Gasteiger partial charge < -0.3 is 20.9 Å². The number of carbonyl (C=O) groups is 2. The Morgan fingerprint density at radius 1 is 1.50 bits per heavy atom. The second-order valence-corrected chi connectivity index (χ2v) is 5.37. The Labute approximate surface area is 125 Å². The highest BCUT2D eigenvalue weighted by Crippen LogP contribution is 2.29. The number of ether oxygens (including phenoxy) is 1. The van der Waals surface area contributed by atoms with E-state index in [0.29, 0.717) is 10.2 Å². The minimum Gasteiger partial charge on any atom is -0.496 e. The number of nitrogens with two attached hydrogens (primary N) is 1. The maximum Gasteiger partial charge on any atom is 0.329 e. The van der Waals surface area contributed by atoms with E-state index >= 15 is 0 Å². The van der Waals surface area contributed by atoms with E-state index in [4.69, 9.17) is 10.5 Å². The van der Waals surface area contributed by atoms with Crippen molar-refractivity contribution in [3.05, 3.63) is 22.2 Å². The van der Waals surface area contributed by atoms with Crippen molar-refractivity contribution >= 4 is 33.5 Å². The zero-order chi connectivity index (χ0) is 15.5. The molecule has 110 valence electrons. The van der Waals surface area contributed by atoms with Crippen molar-refractivity contribution in [3.63, 3.8) is 0 Å². The number of aliphatic carboxylic acids is 1. The molecular formula is C13H17BrN2O4. The number of halogens is 1. The van der Waals surface area contributed by atoms with E-state index in [0.717, 1.165) is 0 Å². The molecule has 1 aromatic carbocycles. The molecule has 1 amide bonds. The number of carboxylic acids is 1. The van der Waals surface area contributed by atoms with E-state index in [-0.39, 0.29) is 17.7 Å². The average Bonchev–Trinajstić information content (AvgIpc) is 2.40. The summed E-state index contributed by atoms with van der Waals surface area (Å²) < 4.78 is 5.64. The summed E-state index contributed by atoms with van der Waals surface area (Å²) in [6, 6.07) is 3.00. The highest BCUT2D eigenvalue weighted by molar-refractivity contribution is 9.10. The van der Waals surface area contributed by atoms with Gasteiger partial charge in [0, 0.05) is 16.2 Å². The predicted octanol–water partition coefficient (Wildman–Crippen LogP) is 2.02. The van der Waals surface area contributed by atoms with Gasteiger partial charge in [-0.05, 0) is 35.3 Å². The number of carbonyl (C=O) groups excluding carboxylic acids is 1. The van der Waals surface area contributed by atoms with E-state index in [2.05, 4.69) is 21.2 Å². The molecule has 20 heavy (non-hydrogen) atoms. The van der Waals surface area contributed by atoms with Crippen molar-refractivity contribution < 1.29 is 19.4 Å². The Hall–Kier alpha value is -1.76. The number of hydrogen-bond acceptors (Lipinski definition) is 4. The lowest BCUT2D eigenvalue weighted by atomic mass is 9.98. The first-order chi connectivity index (χ1) is 9.25. The van der Waals surface area contributed by atoms with Gasteiger partial charge in [0.05, 0.1) is 12.7 Å². The topological polar surface area (TPSA) is 102 Å². The molecule has 0 heterocycles. The number of carboxylic acid groups (broad SMARTS) is 1. The lowest BCUT2D eigenvalue weighted by molar-refractivity contribution is -0.143. The number of nitrogen functional groups attached to an aromatic ring is 1. The van der Waals surface area contributed by atoms with Crippen LogP contribution in [-0.2, 0) is 4.79 Å². The molecule has 6 nitrogen and oxygen atoms in total. The number of rotatable bonds is 5. The molecule has 0 fully saturated rings. The van der Waals surface area contributed by atoms with Crippen LogP contribution < -0.4 is 15.8 Å². The molecule has 7 heteroatoms. The van der Waals surface area contributed by atoms with Crippen LogP contribution in [0, 0.1) is 0 Å². The number of benzene rings is 1. The SMILES string of the molecule is CCC(C)(NC(=O)c1cc(Br)c(N)cc1OC)C(=O)O. The summed E-state index contributed by atoms with van der Waals surface area (Å²) in [5.74, 6) is -1.34. The molecule has 0 bridgehead atoms. The standard InChI is InChI=1S/C13H17BrN2O4/c1-4-13(2,12(18)19)16-11(17)7-5-8(14)9(15)6-10(7)20-3/h5-6H,4,15H2,1-3H3,(H,16,17)(H,18,19). The molecule has 1 atom stereocenters. The first kappa shape index (κ1) is 16.3. The number of methoxy groups -OCH3 is 1. The van der Waals surface area contributed by atoms with Crippen LogP contribution in [0.15, 0.2) is 16.6 Å². The smallest absolute Gasteiger partial charge is 0.329 e. The lowest BCUT2D eigenvalue weighted by Crippen LogP contribution is -2.51. The predicted molar refractivity (Wildman–Crippen MR) is 78.9 cm³/mol. The zero-order valence-electron chi connectivity index (χ0n) is 11.5. The number of amides is 1. The molecule has 0 spiro atoms. The van der Waals surface area contributed by atoms with Crippen LogP contribution in [0.2, 0.25) is 0 Å². The van der Waals surface area contributed by atoms with E-state index in [1.54, 1.807) is 6.92 Å². The van der Waals surface area contributed by atoms with E-state index in [1.807, 2.05) is 0 Å². The minimum atomic E-state index is -1.34. The van der Waals surface area contributed by atoms with Crippen LogP contribution in [0.25, 0.3) is 0 Å². The Kier molecular flexibility index (Phi) is 4.99. The summed E-state index contributed by atoms with van der Waals surface area (Å²) in [4.78, 5) is 23.5. The summed E-state index contributed by atoms with van der Waals surface area (Å²) in [6.07, 6.45) is 0.256. The monoisotopic (exact) mass is 344 g/mol. The number of anilines is 1. The largest absolute Gasteiger partial charge is 0.496 e. The number of nitrogens with one attached hydrogen (secondary N) is 1. The second-order valence-electron chi connectivity index (χ2n) is 4.52. The van der Waals surface area contributed by atoms with Gasteiger partial charge in [0.1, 0.15) is 11.3 Å². The fraction of sp³-hybridized carbons (Fsp3) is 0.385. The Balaban J connectivity index is 3.15. The van der Waals surface area contributed by atoms with Crippen molar-refractivity contribution in [2.24, 2.45) is 0 Å². The van der Waals surface area contributed by atoms with Crippen LogP contribution >= 0.6 is 15.9 Å². The molecule has 0 aromatic heterocycles. The van der Waals surface area contributed by atoms with Gasteiger partial charge in [-0.2, -0.15) is 0 Å². The van der Waals surface area contributed by atoms with Crippen LogP contribution in [0.4, 0.5) is 5.69 Å². The molecule has 0 aliphatic carbocycles. The fourth-order valence-electron chi connectivity index (χ4n) is 1.53. The van der Waals surface area contributed by atoms with Crippen LogP contribution in [0.1, 0.15) is 30.6 Å². The molecule has 4 N–H and O–H groups in total. The minimum absolute atomic E-state index is 0.217. The fourth-order valence-corrected chi connectivity index (χ4v) is 1.87. The van der Waals surface area contributed by atoms with Crippen molar-refractivity contribution in [1.29, 1.82) is 0 Å². The summed E-state index contributed by atoms with van der Waals surface area (Å²) in [7, 11) is 1.41. The van der Waals surface area contributed by atoms with Gasteiger partial charge >= 0.3 is 5.97 Å². The van der Waals surface area contributed by atoms with Crippen molar-refractivity contribution in [3.8, 4) is 5.75 Å². The first-order valence-electron chi connectivity index (χ1n) is 5.94. The summed E-state index contributed by atoms with van der Waals surface area (Å²) in [6.45, 7) is 3.14. The Morgan fingerprint density at radius 3 is 2.55 bits per heavy atom. The molecular weight excluding hydrogens is 328 g/mol. The molecule has 0 aliphatic rings. The molecule has 0 saturated carbocycles. The maximum absolute atomic E-state index is 12.3. The third-order valence-corrected chi connectivity index (χ3v) is 3.82. The number of hydrogen-bond donors (Lipinski definition) is 3. The maximum atomic E-state index is 12.3. The highest BCUT2D eigenvalue weighted by atomic mass is 79.9. The van der Waals surface area contributed by atoms with Gasteiger partial charge in [-0.1, -0.05) is 6.92 Å². The third kappa shape index (κ3) is 3.22. The zero-order valence-corrected chi connectivity index (χ0v) is 13.1. The van der Waals surface area contributed by atoms with Crippen molar-refractivity contribution in [2.45, 2.75) is 25.8 Å². The molecule has 1 unspecified atom stereocenters. The van der Waals surface area contributed by atoms with E-state index in [9.17, 15) is 14.7 Å².